The summed E-state index contributed by atoms with van der Waals surface area (Å²) in [5.74, 6) is -0.0985. The molecule has 1 heterocycles. The molecule has 0 aliphatic rings. The highest BCUT2D eigenvalue weighted by Gasteiger charge is 2.14. The fourth-order valence-electron chi connectivity index (χ4n) is 2.92. The molecule has 0 N–H and O–H groups in total. The molecule has 28 heavy (non-hydrogen) atoms. The van der Waals surface area contributed by atoms with E-state index in [9.17, 15) is 14.0 Å². The van der Waals surface area contributed by atoms with Crippen molar-refractivity contribution in [3.8, 4) is 11.1 Å². The molecular weight excluding hydrogens is 359 g/mol. The predicted octanol–water partition coefficient (Wildman–Crippen LogP) is 4.59. The van der Waals surface area contributed by atoms with Crippen molar-refractivity contribution in [2.45, 2.75) is 26.7 Å². The molecule has 144 valence electrons. The first-order chi connectivity index (χ1) is 13.4. The van der Waals surface area contributed by atoms with Gasteiger partial charge in [-0.15, -0.1) is 0 Å². The topological polar surface area (TPSA) is 63.4 Å². The Kier molecular flexibility index (Phi) is 5.68. The SMILES string of the molecule is CCC(=O)N(C)c1ccc(-c2ccc(C(=O)Cc3cc(C)no3)cc2)c(F)c1. The standard InChI is InChI=1S/C22H21FN2O3/c1-4-22(27)25(3)17-9-10-19(20(23)12-17)15-5-7-16(8-6-15)21(26)13-18-11-14(2)24-28-18/h5-12H,4,13H2,1-3H3. The summed E-state index contributed by atoms with van der Waals surface area (Å²) < 4.78 is 19.7. The lowest BCUT2D eigenvalue weighted by molar-refractivity contribution is -0.118. The number of aromatic nitrogens is 1. The van der Waals surface area contributed by atoms with Gasteiger partial charge in [0.05, 0.1) is 12.1 Å². The Labute approximate surface area is 162 Å². The third-order valence-corrected chi connectivity index (χ3v) is 4.55. The van der Waals surface area contributed by atoms with Crippen LogP contribution < -0.4 is 4.90 Å². The summed E-state index contributed by atoms with van der Waals surface area (Å²) in [4.78, 5) is 25.6. The molecule has 0 saturated carbocycles. The number of hydrogen-bond donors (Lipinski definition) is 0. The zero-order valence-electron chi connectivity index (χ0n) is 16.0. The molecule has 0 bridgehead atoms. The molecule has 3 aromatic rings. The van der Waals surface area contributed by atoms with Crippen LogP contribution in [0.2, 0.25) is 0 Å². The minimum Gasteiger partial charge on any atom is -0.361 e. The third-order valence-electron chi connectivity index (χ3n) is 4.55. The second kappa shape index (κ2) is 8.17. The first-order valence-electron chi connectivity index (χ1n) is 9.01. The number of hydrogen-bond acceptors (Lipinski definition) is 4. The van der Waals surface area contributed by atoms with E-state index >= 15 is 0 Å². The van der Waals surface area contributed by atoms with Crippen LogP contribution in [-0.4, -0.2) is 23.9 Å². The number of carbonyl (C=O) groups excluding carboxylic acids is 2. The van der Waals surface area contributed by atoms with E-state index in [1.165, 1.54) is 11.0 Å². The molecule has 1 aromatic heterocycles. The number of anilines is 1. The zero-order chi connectivity index (χ0) is 20.3. The maximum atomic E-state index is 14.6. The molecule has 0 fully saturated rings. The molecule has 0 saturated heterocycles. The van der Waals surface area contributed by atoms with Crippen LogP contribution in [0.25, 0.3) is 11.1 Å². The van der Waals surface area contributed by atoms with Gasteiger partial charge in [0.1, 0.15) is 11.6 Å². The van der Waals surface area contributed by atoms with Gasteiger partial charge in [0.25, 0.3) is 0 Å². The van der Waals surface area contributed by atoms with Crippen molar-refractivity contribution < 1.29 is 18.5 Å². The Hall–Kier alpha value is -3.28. The number of aryl methyl sites for hydroxylation is 1. The minimum absolute atomic E-state index is 0.0861. The molecule has 6 heteroatoms. The summed E-state index contributed by atoms with van der Waals surface area (Å²) in [5, 5.41) is 3.77. The number of nitrogens with zero attached hydrogens (tertiary/aromatic N) is 2. The van der Waals surface area contributed by atoms with E-state index in [-0.39, 0.29) is 18.1 Å². The third kappa shape index (κ3) is 4.17. The number of ketones is 1. The molecule has 0 aliphatic heterocycles. The lowest BCUT2D eigenvalue weighted by Gasteiger charge is -2.17. The molecule has 3 rings (SSSR count). The minimum atomic E-state index is -0.426. The second-order valence-corrected chi connectivity index (χ2v) is 6.58. The van der Waals surface area contributed by atoms with Crippen molar-refractivity contribution in [3.05, 3.63) is 71.4 Å². The van der Waals surface area contributed by atoms with Crippen LogP contribution in [0.4, 0.5) is 10.1 Å². The van der Waals surface area contributed by atoms with Gasteiger partial charge in [-0.2, -0.15) is 0 Å². The maximum Gasteiger partial charge on any atom is 0.226 e. The van der Waals surface area contributed by atoms with Gasteiger partial charge in [-0.25, -0.2) is 4.39 Å². The van der Waals surface area contributed by atoms with Gasteiger partial charge in [0, 0.05) is 36.3 Å². The van der Waals surface area contributed by atoms with E-state index in [0.29, 0.717) is 34.6 Å². The van der Waals surface area contributed by atoms with Gasteiger partial charge in [0.2, 0.25) is 5.91 Å². The molecule has 0 unspecified atom stereocenters. The van der Waals surface area contributed by atoms with Gasteiger partial charge >= 0.3 is 0 Å². The highest BCUT2D eigenvalue weighted by molar-refractivity contribution is 5.97. The largest absolute Gasteiger partial charge is 0.361 e. The van der Waals surface area contributed by atoms with Crippen molar-refractivity contribution in [3.63, 3.8) is 0 Å². The predicted molar refractivity (Wildman–Crippen MR) is 105 cm³/mol. The van der Waals surface area contributed by atoms with E-state index in [1.807, 2.05) is 0 Å². The number of Topliss-reactive ketones (excluding diaryl/α,β-unsaturated/α-hetero) is 1. The normalized spacial score (nSPS) is 10.7. The number of halogens is 1. The molecule has 5 nitrogen and oxygen atoms in total. The Bertz CT molecular complexity index is 1010. The average Bonchev–Trinajstić information content (AvgIpc) is 3.11. The van der Waals surface area contributed by atoms with Gasteiger partial charge in [-0.05, 0) is 30.7 Å². The molecule has 0 atom stereocenters. The Balaban J connectivity index is 1.77. The van der Waals surface area contributed by atoms with Gasteiger partial charge in [-0.1, -0.05) is 36.3 Å². The van der Waals surface area contributed by atoms with Crippen molar-refractivity contribution in [2.24, 2.45) is 0 Å². The zero-order valence-corrected chi connectivity index (χ0v) is 16.0. The van der Waals surface area contributed by atoms with Crippen LogP contribution in [0.3, 0.4) is 0 Å². The molecule has 1 amide bonds. The Morgan fingerprint density at radius 2 is 1.82 bits per heavy atom. The smallest absolute Gasteiger partial charge is 0.226 e. The van der Waals surface area contributed by atoms with E-state index in [0.717, 1.165) is 5.69 Å². The fraction of sp³-hybridized carbons (Fsp3) is 0.227. The molecule has 2 aromatic carbocycles. The summed E-state index contributed by atoms with van der Waals surface area (Å²) in [6.45, 7) is 3.55. The average molecular weight is 380 g/mol. The van der Waals surface area contributed by atoms with Crippen LogP contribution in [-0.2, 0) is 11.2 Å². The van der Waals surface area contributed by atoms with Crippen molar-refractivity contribution in [2.75, 3.05) is 11.9 Å². The van der Waals surface area contributed by atoms with E-state index in [2.05, 4.69) is 5.16 Å². The highest BCUT2D eigenvalue weighted by atomic mass is 19.1. The molecule has 0 radical (unpaired) electrons. The van der Waals surface area contributed by atoms with Gasteiger partial charge in [-0.3, -0.25) is 9.59 Å². The summed E-state index contributed by atoms with van der Waals surface area (Å²) in [6.07, 6.45) is 0.476. The monoisotopic (exact) mass is 380 g/mol. The Morgan fingerprint density at radius 1 is 1.11 bits per heavy atom. The van der Waals surface area contributed by atoms with Crippen LogP contribution in [0.15, 0.2) is 53.1 Å². The van der Waals surface area contributed by atoms with Crippen molar-refractivity contribution in [1.29, 1.82) is 0 Å². The quantitative estimate of drug-likeness (QED) is 0.587. The number of benzene rings is 2. The first-order valence-corrected chi connectivity index (χ1v) is 9.01. The van der Waals surface area contributed by atoms with Crippen molar-refractivity contribution in [1.82, 2.24) is 5.16 Å². The lowest BCUT2D eigenvalue weighted by Crippen LogP contribution is -2.25. The molecule has 0 spiro atoms. The lowest BCUT2D eigenvalue weighted by atomic mass is 10.00. The van der Waals surface area contributed by atoms with E-state index < -0.39 is 5.82 Å². The van der Waals surface area contributed by atoms with E-state index in [1.54, 1.807) is 63.4 Å². The summed E-state index contributed by atoms with van der Waals surface area (Å²) in [7, 11) is 1.62. The van der Waals surface area contributed by atoms with Crippen LogP contribution in [0, 0.1) is 12.7 Å². The van der Waals surface area contributed by atoms with E-state index in [4.69, 9.17) is 4.52 Å². The first kappa shape index (κ1) is 19.5. The summed E-state index contributed by atoms with van der Waals surface area (Å²) in [5.41, 5.74) is 2.81. The highest BCUT2D eigenvalue weighted by Crippen LogP contribution is 2.27. The van der Waals surface area contributed by atoms with Gasteiger partial charge < -0.3 is 9.42 Å². The maximum absolute atomic E-state index is 14.6. The summed E-state index contributed by atoms with van der Waals surface area (Å²) >= 11 is 0. The van der Waals surface area contributed by atoms with Crippen LogP contribution in [0.1, 0.15) is 35.2 Å². The van der Waals surface area contributed by atoms with Crippen LogP contribution >= 0.6 is 0 Å². The molecule has 0 aliphatic carbocycles. The number of rotatable bonds is 6. The second-order valence-electron chi connectivity index (χ2n) is 6.58. The van der Waals surface area contributed by atoms with Gasteiger partial charge in [0.15, 0.2) is 5.78 Å². The Morgan fingerprint density at radius 3 is 2.39 bits per heavy atom. The molecular formula is C22H21FN2O3. The van der Waals surface area contributed by atoms with Crippen LogP contribution in [0.5, 0.6) is 0 Å². The summed E-state index contributed by atoms with van der Waals surface area (Å²) in [6, 6.07) is 13.2. The number of carbonyl (C=O) groups is 2. The fourth-order valence-corrected chi connectivity index (χ4v) is 2.92. The number of amides is 1. The van der Waals surface area contributed by atoms with Crippen molar-refractivity contribution >= 4 is 17.4 Å².